The van der Waals surface area contributed by atoms with Crippen LogP contribution in [0, 0.1) is 5.82 Å². The van der Waals surface area contributed by atoms with E-state index in [9.17, 15) is 14.0 Å². The molecule has 138 valence electrons. The molecule has 0 unspecified atom stereocenters. The number of amides is 1. The topological polar surface area (TPSA) is 82.5 Å². The number of hydrogen-bond donors (Lipinski definition) is 1. The summed E-state index contributed by atoms with van der Waals surface area (Å²) < 4.78 is 24.3. The van der Waals surface area contributed by atoms with E-state index in [0.717, 1.165) is 10.7 Å². The molecule has 0 saturated heterocycles. The molecule has 27 heavy (non-hydrogen) atoms. The third-order valence-corrected chi connectivity index (χ3v) is 3.75. The smallest absolute Gasteiger partial charge is 0.280 e. The molecule has 3 aromatic rings. The molecule has 0 atom stereocenters. The first-order chi connectivity index (χ1) is 13.0. The van der Waals surface area contributed by atoms with Crippen LogP contribution < -0.4 is 20.3 Å². The van der Waals surface area contributed by atoms with Crippen LogP contribution in [0.4, 0.5) is 10.1 Å². The van der Waals surface area contributed by atoms with E-state index >= 15 is 0 Å². The Hall–Kier alpha value is -3.68. The fourth-order valence-electron chi connectivity index (χ4n) is 2.39. The molecule has 0 saturated carbocycles. The van der Waals surface area contributed by atoms with Gasteiger partial charge >= 0.3 is 0 Å². The number of hydrogen-bond acceptors (Lipinski definition) is 5. The van der Waals surface area contributed by atoms with Gasteiger partial charge in [-0.3, -0.25) is 9.59 Å². The second kappa shape index (κ2) is 7.69. The number of ether oxygens (including phenoxy) is 2. The van der Waals surface area contributed by atoms with E-state index in [1.54, 1.807) is 31.4 Å². The predicted octanol–water partition coefficient (Wildman–Crippen LogP) is 2.64. The summed E-state index contributed by atoms with van der Waals surface area (Å²) in [5.41, 5.74) is 0.239. The van der Waals surface area contributed by atoms with Crippen molar-refractivity contribution >= 4 is 11.6 Å². The lowest BCUT2D eigenvalue weighted by Gasteiger charge is -2.11. The highest BCUT2D eigenvalue weighted by molar-refractivity contribution is 6.04. The molecule has 1 N–H and O–H groups in total. The van der Waals surface area contributed by atoms with Crippen LogP contribution in [0.1, 0.15) is 10.5 Å². The summed E-state index contributed by atoms with van der Waals surface area (Å²) in [4.78, 5) is 24.9. The first-order valence-corrected chi connectivity index (χ1v) is 7.91. The Morgan fingerprint density at radius 1 is 1.04 bits per heavy atom. The Kier molecular flexibility index (Phi) is 5.16. The third-order valence-electron chi connectivity index (χ3n) is 3.75. The number of methoxy groups -OCH3 is 2. The molecule has 0 aliphatic rings. The number of anilines is 1. The summed E-state index contributed by atoms with van der Waals surface area (Å²) in [7, 11) is 2.88. The Labute approximate surface area is 154 Å². The predicted molar refractivity (Wildman–Crippen MR) is 97.3 cm³/mol. The fraction of sp³-hybridized carbons (Fsp3) is 0.105. The molecule has 1 amide bonds. The number of nitrogens with one attached hydrogen (secondary N) is 1. The van der Waals surface area contributed by atoms with Crippen LogP contribution in [0.3, 0.4) is 0 Å². The molecule has 1 aromatic heterocycles. The zero-order valence-electron chi connectivity index (χ0n) is 14.6. The Balaban J connectivity index is 1.97. The maximum Gasteiger partial charge on any atom is 0.280 e. The van der Waals surface area contributed by atoms with Gasteiger partial charge in [0, 0.05) is 5.69 Å². The van der Waals surface area contributed by atoms with Crippen LogP contribution in [0.2, 0.25) is 0 Å². The molecule has 3 rings (SSSR count). The molecular weight excluding hydrogens is 353 g/mol. The average Bonchev–Trinajstić information content (AvgIpc) is 2.69. The molecule has 1 heterocycles. The van der Waals surface area contributed by atoms with Crippen molar-refractivity contribution in [1.29, 1.82) is 0 Å². The third kappa shape index (κ3) is 3.95. The van der Waals surface area contributed by atoms with Crippen molar-refractivity contribution < 1.29 is 18.7 Å². The number of nitrogens with zero attached hydrogens (tertiary/aromatic N) is 2. The quantitative estimate of drug-likeness (QED) is 0.748. The summed E-state index contributed by atoms with van der Waals surface area (Å²) in [5.74, 6) is -0.330. The molecule has 8 heteroatoms. The highest BCUT2D eigenvalue weighted by atomic mass is 19.1. The SMILES string of the molecule is COc1ccc(NC(=O)c2nn(-c3ccc(F)cc3)c(=O)cc2OC)cc1. The fourth-order valence-corrected chi connectivity index (χ4v) is 2.39. The molecule has 2 aromatic carbocycles. The van der Waals surface area contributed by atoms with Crippen molar-refractivity contribution in [2.75, 3.05) is 19.5 Å². The Morgan fingerprint density at radius 2 is 1.70 bits per heavy atom. The zero-order valence-corrected chi connectivity index (χ0v) is 14.6. The first kappa shape index (κ1) is 18.1. The lowest BCUT2D eigenvalue weighted by molar-refractivity contribution is 0.101. The van der Waals surface area contributed by atoms with Gasteiger partial charge in [0.1, 0.15) is 11.6 Å². The van der Waals surface area contributed by atoms with Gasteiger partial charge in [-0.25, -0.2) is 4.39 Å². The molecule has 0 aliphatic carbocycles. The average molecular weight is 369 g/mol. The normalized spacial score (nSPS) is 10.3. The van der Waals surface area contributed by atoms with Crippen molar-refractivity contribution in [1.82, 2.24) is 9.78 Å². The Morgan fingerprint density at radius 3 is 2.30 bits per heavy atom. The van der Waals surface area contributed by atoms with Crippen molar-refractivity contribution in [2.24, 2.45) is 0 Å². The van der Waals surface area contributed by atoms with E-state index in [0.29, 0.717) is 17.1 Å². The van der Waals surface area contributed by atoms with E-state index < -0.39 is 17.3 Å². The minimum atomic E-state index is -0.562. The number of benzene rings is 2. The van der Waals surface area contributed by atoms with Gasteiger partial charge < -0.3 is 14.8 Å². The maximum absolute atomic E-state index is 13.1. The highest BCUT2D eigenvalue weighted by Crippen LogP contribution is 2.19. The van der Waals surface area contributed by atoms with Gasteiger partial charge in [-0.05, 0) is 48.5 Å². The summed E-state index contributed by atoms with van der Waals surface area (Å²) in [6.07, 6.45) is 0. The van der Waals surface area contributed by atoms with Crippen LogP contribution in [0.25, 0.3) is 5.69 Å². The van der Waals surface area contributed by atoms with Crippen LogP contribution in [0.15, 0.2) is 59.4 Å². The summed E-state index contributed by atoms with van der Waals surface area (Å²) in [6.45, 7) is 0. The van der Waals surface area contributed by atoms with Gasteiger partial charge in [-0.2, -0.15) is 9.78 Å². The summed E-state index contributed by atoms with van der Waals surface area (Å²) in [6, 6.07) is 13.1. The van der Waals surface area contributed by atoms with E-state index in [2.05, 4.69) is 10.4 Å². The molecule has 0 spiro atoms. The van der Waals surface area contributed by atoms with Gasteiger partial charge in [-0.15, -0.1) is 0 Å². The highest BCUT2D eigenvalue weighted by Gasteiger charge is 2.18. The van der Waals surface area contributed by atoms with E-state index in [1.807, 2.05) is 0 Å². The largest absolute Gasteiger partial charge is 0.497 e. The zero-order chi connectivity index (χ0) is 19.4. The molecule has 0 bridgehead atoms. The second-order valence-corrected chi connectivity index (χ2v) is 5.47. The minimum absolute atomic E-state index is 0.0318. The van der Waals surface area contributed by atoms with Crippen LogP contribution in [-0.4, -0.2) is 29.9 Å². The van der Waals surface area contributed by atoms with Gasteiger partial charge in [0.15, 0.2) is 11.4 Å². The van der Waals surface area contributed by atoms with Gasteiger partial charge in [0.2, 0.25) is 0 Å². The van der Waals surface area contributed by atoms with Crippen LogP contribution in [0.5, 0.6) is 11.5 Å². The number of aromatic nitrogens is 2. The lowest BCUT2D eigenvalue weighted by Crippen LogP contribution is -2.26. The molecule has 0 radical (unpaired) electrons. The van der Waals surface area contributed by atoms with Crippen LogP contribution >= 0.6 is 0 Å². The number of carbonyl (C=O) groups is 1. The molecular formula is C19H16FN3O4. The van der Waals surface area contributed by atoms with Gasteiger partial charge in [0.05, 0.1) is 26.0 Å². The monoisotopic (exact) mass is 369 g/mol. The number of rotatable bonds is 5. The van der Waals surface area contributed by atoms with E-state index in [1.165, 1.54) is 31.4 Å². The Bertz CT molecular complexity index is 1010. The van der Waals surface area contributed by atoms with E-state index in [-0.39, 0.29) is 11.4 Å². The summed E-state index contributed by atoms with van der Waals surface area (Å²) >= 11 is 0. The number of halogens is 1. The van der Waals surface area contributed by atoms with Crippen molar-refractivity contribution in [3.05, 3.63) is 76.5 Å². The maximum atomic E-state index is 13.1. The summed E-state index contributed by atoms with van der Waals surface area (Å²) in [5, 5.41) is 6.77. The molecule has 0 aliphatic heterocycles. The van der Waals surface area contributed by atoms with E-state index in [4.69, 9.17) is 9.47 Å². The van der Waals surface area contributed by atoms with Gasteiger partial charge in [-0.1, -0.05) is 0 Å². The lowest BCUT2D eigenvalue weighted by atomic mass is 10.2. The standard InChI is InChI=1S/C19H16FN3O4/c1-26-15-9-5-13(6-10-15)21-19(25)18-16(27-2)11-17(24)23(22-18)14-7-3-12(20)4-8-14/h3-11H,1-2H3,(H,21,25). The molecule has 0 fully saturated rings. The van der Waals surface area contributed by atoms with Crippen molar-refractivity contribution in [3.63, 3.8) is 0 Å². The second-order valence-electron chi connectivity index (χ2n) is 5.47. The van der Waals surface area contributed by atoms with Gasteiger partial charge in [0.25, 0.3) is 11.5 Å². The minimum Gasteiger partial charge on any atom is -0.497 e. The van der Waals surface area contributed by atoms with Crippen LogP contribution in [-0.2, 0) is 0 Å². The van der Waals surface area contributed by atoms with Crippen molar-refractivity contribution in [3.8, 4) is 17.2 Å². The number of carbonyl (C=O) groups excluding carboxylic acids is 1. The first-order valence-electron chi connectivity index (χ1n) is 7.91. The molecule has 7 nitrogen and oxygen atoms in total. The van der Waals surface area contributed by atoms with Crippen molar-refractivity contribution in [2.45, 2.75) is 0 Å².